The van der Waals surface area contributed by atoms with Crippen LogP contribution in [0.2, 0.25) is 0 Å². The Morgan fingerprint density at radius 1 is 1.40 bits per heavy atom. The van der Waals surface area contributed by atoms with Gasteiger partial charge in [-0.1, -0.05) is 11.6 Å². The van der Waals surface area contributed by atoms with Crippen LogP contribution < -0.4 is 9.47 Å². The minimum Gasteiger partial charge on any atom is -0.480 e. The first-order chi connectivity index (χ1) is 9.51. The number of carboxylic acids is 1. The van der Waals surface area contributed by atoms with Crippen LogP contribution in [0, 0.1) is 6.92 Å². The number of hydrogen-bond acceptors (Lipinski definition) is 5. The maximum Gasteiger partial charge on any atom is 0.339 e. The number of benzene rings is 1. The first-order valence-corrected chi connectivity index (χ1v) is 6.39. The zero-order chi connectivity index (χ0) is 14.7. The van der Waals surface area contributed by atoms with Gasteiger partial charge in [-0.2, -0.15) is 4.98 Å². The molecule has 0 amide bonds. The molecule has 0 fully saturated rings. The van der Waals surface area contributed by atoms with Crippen molar-refractivity contribution in [3.63, 3.8) is 0 Å². The summed E-state index contributed by atoms with van der Waals surface area (Å²) in [6.07, 6.45) is 1.47. The molecule has 0 atom stereocenters. The van der Waals surface area contributed by atoms with Gasteiger partial charge in [0.15, 0.2) is 0 Å². The van der Waals surface area contributed by atoms with Crippen molar-refractivity contribution in [1.29, 1.82) is 0 Å². The lowest BCUT2D eigenvalue weighted by atomic mass is 10.1. The van der Waals surface area contributed by atoms with E-state index in [-0.39, 0.29) is 17.3 Å². The van der Waals surface area contributed by atoms with Crippen LogP contribution >= 0.6 is 15.9 Å². The molecule has 0 aliphatic heterocycles. The molecule has 0 bridgehead atoms. The van der Waals surface area contributed by atoms with E-state index in [2.05, 4.69) is 25.9 Å². The predicted octanol–water partition coefficient (Wildman–Crippen LogP) is 3.05. The van der Waals surface area contributed by atoms with Crippen LogP contribution in [-0.2, 0) is 0 Å². The molecule has 104 valence electrons. The SMILES string of the molecule is COc1nc(Oc2ccc(C)cc2C(=O)O)ncc1Br. The molecule has 2 rings (SSSR count). The van der Waals surface area contributed by atoms with Crippen molar-refractivity contribution in [2.45, 2.75) is 6.92 Å². The second-order valence-corrected chi connectivity index (χ2v) is 4.77. The van der Waals surface area contributed by atoms with Crippen LogP contribution in [0.4, 0.5) is 0 Å². The zero-order valence-electron chi connectivity index (χ0n) is 10.8. The van der Waals surface area contributed by atoms with Crippen LogP contribution in [0.3, 0.4) is 0 Å². The first-order valence-electron chi connectivity index (χ1n) is 5.59. The summed E-state index contributed by atoms with van der Waals surface area (Å²) < 4.78 is 11.0. The summed E-state index contributed by atoms with van der Waals surface area (Å²) in [4.78, 5) is 19.2. The van der Waals surface area contributed by atoms with E-state index in [4.69, 9.17) is 14.6 Å². The molecular weight excluding hydrogens is 328 g/mol. The molecule has 1 N–H and O–H groups in total. The summed E-state index contributed by atoms with van der Waals surface area (Å²) in [6, 6.07) is 4.85. The van der Waals surface area contributed by atoms with Crippen molar-refractivity contribution in [3.8, 4) is 17.6 Å². The molecule has 6 nitrogen and oxygen atoms in total. The van der Waals surface area contributed by atoms with Crippen LogP contribution in [0.1, 0.15) is 15.9 Å². The van der Waals surface area contributed by atoms with Crippen LogP contribution in [0.25, 0.3) is 0 Å². The molecule has 0 unspecified atom stereocenters. The van der Waals surface area contributed by atoms with Crippen molar-refractivity contribution in [1.82, 2.24) is 9.97 Å². The number of hydrogen-bond donors (Lipinski definition) is 1. The van der Waals surface area contributed by atoms with E-state index >= 15 is 0 Å². The van der Waals surface area contributed by atoms with Gasteiger partial charge >= 0.3 is 12.0 Å². The van der Waals surface area contributed by atoms with E-state index in [0.717, 1.165) is 5.56 Å². The Kier molecular flexibility index (Phi) is 4.19. The molecule has 1 aromatic heterocycles. The molecule has 0 radical (unpaired) electrons. The van der Waals surface area contributed by atoms with Crippen molar-refractivity contribution >= 4 is 21.9 Å². The molecule has 0 aliphatic rings. The normalized spacial score (nSPS) is 10.2. The van der Waals surface area contributed by atoms with Crippen molar-refractivity contribution < 1.29 is 19.4 Å². The Morgan fingerprint density at radius 2 is 2.15 bits per heavy atom. The Morgan fingerprint density at radius 3 is 2.80 bits per heavy atom. The number of nitrogens with zero attached hydrogens (tertiary/aromatic N) is 2. The van der Waals surface area contributed by atoms with Gasteiger partial charge in [-0.05, 0) is 35.0 Å². The lowest BCUT2D eigenvalue weighted by Crippen LogP contribution is -2.02. The second kappa shape index (κ2) is 5.87. The monoisotopic (exact) mass is 338 g/mol. The number of methoxy groups -OCH3 is 1. The quantitative estimate of drug-likeness (QED) is 0.922. The molecule has 1 aromatic carbocycles. The summed E-state index contributed by atoms with van der Waals surface area (Å²) in [5.41, 5.74) is 0.875. The van der Waals surface area contributed by atoms with Gasteiger partial charge in [-0.25, -0.2) is 9.78 Å². The topological polar surface area (TPSA) is 81.5 Å². The smallest absolute Gasteiger partial charge is 0.339 e. The molecule has 20 heavy (non-hydrogen) atoms. The highest BCUT2D eigenvalue weighted by atomic mass is 79.9. The van der Waals surface area contributed by atoms with E-state index < -0.39 is 5.97 Å². The Balaban J connectivity index is 2.37. The van der Waals surface area contributed by atoms with Gasteiger partial charge in [0.25, 0.3) is 0 Å². The Hall–Kier alpha value is -2.15. The number of aryl methyl sites for hydroxylation is 1. The maximum atomic E-state index is 11.2. The molecule has 0 spiro atoms. The number of carboxylic acid groups (broad SMARTS) is 1. The van der Waals surface area contributed by atoms with Crippen LogP contribution in [0.15, 0.2) is 28.9 Å². The highest BCUT2D eigenvalue weighted by Crippen LogP contribution is 2.27. The third-order valence-corrected chi connectivity index (χ3v) is 2.99. The van der Waals surface area contributed by atoms with E-state index in [1.165, 1.54) is 19.4 Å². The number of aromatic nitrogens is 2. The molecule has 2 aromatic rings. The number of halogens is 1. The zero-order valence-corrected chi connectivity index (χ0v) is 12.3. The van der Waals surface area contributed by atoms with Crippen molar-refractivity contribution in [2.24, 2.45) is 0 Å². The van der Waals surface area contributed by atoms with Crippen LogP contribution in [-0.4, -0.2) is 28.2 Å². The van der Waals surface area contributed by atoms with Gasteiger partial charge < -0.3 is 14.6 Å². The lowest BCUT2D eigenvalue weighted by Gasteiger charge is -2.09. The number of ether oxygens (including phenoxy) is 2. The van der Waals surface area contributed by atoms with E-state index in [9.17, 15) is 4.79 Å². The average molecular weight is 339 g/mol. The number of aromatic carboxylic acids is 1. The third-order valence-electron chi connectivity index (χ3n) is 2.45. The molecule has 0 saturated carbocycles. The predicted molar refractivity (Wildman–Crippen MR) is 74.5 cm³/mol. The number of carbonyl (C=O) groups is 1. The maximum absolute atomic E-state index is 11.2. The lowest BCUT2D eigenvalue weighted by molar-refractivity contribution is 0.0694. The largest absolute Gasteiger partial charge is 0.480 e. The fourth-order valence-electron chi connectivity index (χ4n) is 1.53. The molecule has 0 aliphatic carbocycles. The van der Waals surface area contributed by atoms with Crippen molar-refractivity contribution in [2.75, 3.05) is 7.11 Å². The van der Waals surface area contributed by atoms with Crippen LogP contribution in [0.5, 0.6) is 17.6 Å². The summed E-state index contributed by atoms with van der Waals surface area (Å²) in [5, 5.41) is 9.16. The van der Waals surface area contributed by atoms with Crippen molar-refractivity contribution in [3.05, 3.63) is 40.0 Å². The van der Waals surface area contributed by atoms with Gasteiger partial charge in [0.2, 0.25) is 5.88 Å². The molecule has 0 saturated heterocycles. The average Bonchev–Trinajstić information content (AvgIpc) is 2.42. The fraction of sp³-hybridized carbons (Fsp3) is 0.154. The Bertz CT molecular complexity index is 661. The molecule has 1 heterocycles. The third kappa shape index (κ3) is 3.05. The summed E-state index contributed by atoms with van der Waals surface area (Å²) in [5.74, 6) is -0.598. The molecule has 7 heteroatoms. The summed E-state index contributed by atoms with van der Waals surface area (Å²) in [7, 11) is 1.46. The van der Waals surface area contributed by atoms with Gasteiger partial charge in [0, 0.05) is 0 Å². The standard InChI is InChI=1S/C13H11BrN2O4/c1-7-3-4-10(8(5-7)12(17)18)20-13-15-6-9(14)11(16-13)19-2/h3-6H,1-2H3,(H,17,18). The second-order valence-electron chi connectivity index (χ2n) is 3.92. The van der Waals surface area contributed by atoms with E-state index in [1.807, 2.05) is 0 Å². The highest BCUT2D eigenvalue weighted by Gasteiger charge is 2.14. The van der Waals surface area contributed by atoms with E-state index in [0.29, 0.717) is 10.4 Å². The van der Waals surface area contributed by atoms with E-state index in [1.54, 1.807) is 19.1 Å². The molecular formula is C13H11BrN2O4. The first kappa shape index (κ1) is 14.3. The minimum absolute atomic E-state index is 0.0106. The van der Waals surface area contributed by atoms with Gasteiger partial charge in [-0.3, -0.25) is 0 Å². The van der Waals surface area contributed by atoms with Gasteiger partial charge in [-0.15, -0.1) is 0 Å². The highest BCUT2D eigenvalue weighted by molar-refractivity contribution is 9.10. The fourth-order valence-corrected chi connectivity index (χ4v) is 1.88. The minimum atomic E-state index is -1.08. The summed E-state index contributed by atoms with van der Waals surface area (Å²) >= 11 is 3.22. The Labute approximate surface area is 123 Å². The number of rotatable bonds is 4. The van der Waals surface area contributed by atoms with Gasteiger partial charge in [0.05, 0.1) is 17.8 Å². The van der Waals surface area contributed by atoms with Gasteiger partial charge in [0.1, 0.15) is 11.3 Å². The summed E-state index contributed by atoms with van der Waals surface area (Å²) in [6.45, 7) is 1.80.